The Labute approximate surface area is 169 Å². The second-order valence-corrected chi connectivity index (χ2v) is 6.93. The third-order valence-corrected chi connectivity index (χ3v) is 4.07. The van der Waals surface area contributed by atoms with Gasteiger partial charge in [0.25, 0.3) is 5.91 Å². The van der Waals surface area contributed by atoms with E-state index in [0.717, 1.165) is 11.3 Å². The number of amides is 4. The van der Waals surface area contributed by atoms with Crippen molar-refractivity contribution in [3.05, 3.63) is 35.9 Å². The van der Waals surface area contributed by atoms with Crippen molar-refractivity contribution in [2.75, 3.05) is 6.54 Å². The smallest absolute Gasteiger partial charge is 0.321 e. The highest BCUT2D eigenvalue weighted by molar-refractivity contribution is 6.02. The Kier molecular flexibility index (Phi) is 7.88. The number of nitrogens with zero attached hydrogens (tertiary/aromatic N) is 2. The van der Waals surface area contributed by atoms with Gasteiger partial charge in [0, 0.05) is 18.9 Å². The third kappa shape index (κ3) is 7.02. The monoisotopic (exact) mass is 402 g/mol. The van der Waals surface area contributed by atoms with Crippen LogP contribution >= 0.6 is 0 Å². The number of hydrogen-bond acceptors (Lipinski definition) is 6. The van der Waals surface area contributed by atoms with Crippen LogP contribution in [-0.4, -0.2) is 53.2 Å². The number of rotatable bonds is 7. The fraction of sp³-hybridized carbons (Fsp3) is 0.450. The van der Waals surface area contributed by atoms with Crippen LogP contribution in [0.3, 0.4) is 0 Å². The number of ether oxygens (including phenoxy) is 1. The summed E-state index contributed by atoms with van der Waals surface area (Å²) in [6.07, 6.45) is -0.756. The van der Waals surface area contributed by atoms with Crippen LogP contribution in [0.25, 0.3) is 0 Å². The fourth-order valence-electron chi connectivity index (χ4n) is 2.63. The second kappa shape index (κ2) is 10.4. The Bertz CT molecular complexity index is 791. The first-order valence-corrected chi connectivity index (χ1v) is 9.50. The topological polar surface area (TPSA) is 117 Å². The van der Waals surface area contributed by atoms with Crippen LogP contribution in [0.2, 0.25) is 0 Å². The molecule has 1 unspecified atom stereocenters. The molecule has 2 N–H and O–H groups in total. The van der Waals surface area contributed by atoms with Crippen molar-refractivity contribution in [2.45, 2.75) is 52.2 Å². The number of hydrogen-bond donors (Lipinski definition) is 2. The van der Waals surface area contributed by atoms with Gasteiger partial charge in [-0.2, -0.15) is 5.10 Å². The number of carbonyl (C=O) groups is 4. The number of hydrazone groups is 1. The zero-order chi connectivity index (χ0) is 21.4. The first-order valence-electron chi connectivity index (χ1n) is 9.50. The molecule has 1 aromatic carbocycles. The molecule has 0 aromatic heterocycles. The maximum Gasteiger partial charge on any atom is 0.321 e. The van der Waals surface area contributed by atoms with E-state index in [0.29, 0.717) is 13.0 Å². The first-order chi connectivity index (χ1) is 13.8. The Hall–Kier alpha value is -3.23. The van der Waals surface area contributed by atoms with Crippen LogP contribution < -0.4 is 10.6 Å². The van der Waals surface area contributed by atoms with E-state index in [4.69, 9.17) is 4.74 Å². The van der Waals surface area contributed by atoms with E-state index in [2.05, 4.69) is 15.7 Å². The predicted octanol–water partition coefficient (Wildman–Crippen LogP) is 1.57. The quantitative estimate of drug-likeness (QED) is 0.672. The lowest BCUT2D eigenvalue weighted by Gasteiger charge is -2.15. The molecule has 0 saturated heterocycles. The van der Waals surface area contributed by atoms with Crippen molar-refractivity contribution < 1.29 is 23.9 Å². The van der Waals surface area contributed by atoms with Crippen molar-refractivity contribution >= 4 is 29.5 Å². The zero-order valence-electron chi connectivity index (χ0n) is 16.8. The predicted molar refractivity (Wildman–Crippen MR) is 106 cm³/mol. The van der Waals surface area contributed by atoms with Crippen LogP contribution in [-0.2, 0) is 19.1 Å². The van der Waals surface area contributed by atoms with Gasteiger partial charge in [0.2, 0.25) is 5.91 Å². The highest BCUT2D eigenvalue weighted by Crippen LogP contribution is 2.15. The van der Waals surface area contributed by atoms with Gasteiger partial charge in [-0.25, -0.2) is 9.80 Å². The van der Waals surface area contributed by atoms with Gasteiger partial charge in [-0.1, -0.05) is 30.3 Å². The van der Waals surface area contributed by atoms with Gasteiger partial charge in [0.05, 0.1) is 18.7 Å². The molecular formula is C20H26N4O5. The van der Waals surface area contributed by atoms with Crippen molar-refractivity contribution in [2.24, 2.45) is 5.10 Å². The second-order valence-electron chi connectivity index (χ2n) is 6.93. The maximum atomic E-state index is 12.3. The van der Waals surface area contributed by atoms with Crippen LogP contribution in [0.15, 0.2) is 35.4 Å². The summed E-state index contributed by atoms with van der Waals surface area (Å²) in [5, 5.41) is 10.3. The van der Waals surface area contributed by atoms with Gasteiger partial charge in [0.15, 0.2) is 6.10 Å². The molecule has 0 radical (unpaired) electrons. The van der Waals surface area contributed by atoms with Crippen molar-refractivity contribution in [3.63, 3.8) is 0 Å². The molecule has 0 aliphatic carbocycles. The zero-order valence-corrected chi connectivity index (χ0v) is 16.8. The summed E-state index contributed by atoms with van der Waals surface area (Å²) >= 11 is 0. The molecule has 2 rings (SSSR count). The summed E-state index contributed by atoms with van der Waals surface area (Å²) in [7, 11) is 0. The molecule has 1 aromatic rings. The minimum Gasteiger partial charge on any atom is -0.453 e. The summed E-state index contributed by atoms with van der Waals surface area (Å²) < 4.78 is 4.98. The molecular weight excluding hydrogens is 376 g/mol. The minimum absolute atomic E-state index is 0.0768. The summed E-state index contributed by atoms with van der Waals surface area (Å²) in [6, 6.07) is 8.78. The number of esters is 1. The number of nitrogens with one attached hydrogen (secondary N) is 2. The maximum absolute atomic E-state index is 12.3. The van der Waals surface area contributed by atoms with E-state index in [1.807, 2.05) is 30.3 Å². The van der Waals surface area contributed by atoms with Crippen LogP contribution in [0.4, 0.5) is 4.79 Å². The molecule has 1 heterocycles. The SMILES string of the molecule is CC(C)NC(=O)NC(=O)C(C)OC(=O)CCC(=O)N1CCC(c2ccccc2)=N1. The Morgan fingerprint density at radius 3 is 2.45 bits per heavy atom. The highest BCUT2D eigenvalue weighted by atomic mass is 16.5. The van der Waals surface area contributed by atoms with Crippen LogP contribution in [0.5, 0.6) is 0 Å². The average Bonchev–Trinajstić information content (AvgIpc) is 3.16. The lowest BCUT2D eigenvalue weighted by Crippen LogP contribution is -2.46. The van der Waals surface area contributed by atoms with E-state index in [1.165, 1.54) is 11.9 Å². The lowest BCUT2D eigenvalue weighted by molar-refractivity contribution is -0.155. The number of urea groups is 1. The summed E-state index contributed by atoms with van der Waals surface area (Å²) in [5.41, 5.74) is 1.79. The van der Waals surface area contributed by atoms with Gasteiger partial charge in [-0.15, -0.1) is 0 Å². The van der Waals surface area contributed by atoms with E-state index in [1.54, 1.807) is 13.8 Å². The molecule has 1 atom stereocenters. The molecule has 4 amide bonds. The van der Waals surface area contributed by atoms with E-state index < -0.39 is 24.0 Å². The summed E-state index contributed by atoms with van der Waals surface area (Å²) in [6.45, 7) is 5.31. The number of carbonyl (C=O) groups excluding carboxylic acids is 4. The fourth-order valence-corrected chi connectivity index (χ4v) is 2.63. The molecule has 156 valence electrons. The highest BCUT2D eigenvalue weighted by Gasteiger charge is 2.24. The average molecular weight is 402 g/mol. The van der Waals surface area contributed by atoms with Crippen molar-refractivity contribution in [1.29, 1.82) is 0 Å². The van der Waals surface area contributed by atoms with Crippen molar-refractivity contribution in [1.82, 2.24) is 15.6 Å². The lowest BCUT2D eigenvalue weighted by atomic mass is 10.1. The molecule has 0 spiro atoms. The Morgan fingerprint density at radius 1 is 1.10 bits per heavy atom. The minimum atomic E-state index is -1.15. The largest absolute Gasteiger partial charge is 0.453 e. The standard InChI is InChI=1S/C20H26N4O5/c1-13(2)21-20(28)22-19(27)14(3)29-18(26)10-9-17(25)24-12-11-16(23-24)15-7-5-4-6-8-15/h4-8,13-14H,9-12H2,1-3H3,(H2,21,22,27,28). The third-order valence-electron chi connectivity index (χ3n) is 4.07. The Balaban J connectivity index is 1.76. The number of benzene rings is 1. The van der Waals surface area contributed by atoms with Crippen LogP contribution in [0, 0.1) is 0 Å². The summed E-state index contributed by atoms with van der Waals surface area (Å²) in [5.74, 6) is -1.72. The van der Waals surface area contributed by atoms with E-state index >= 15 is 0 Å². The summed E-state index contributed by atoms with van der Waals surface area (Å²) in [4.78, 5) is 47.5. The van der Waals surface area contributed by atoms with Gasteiger partial charge in [-0.3, -0.25) is 19.7 Å². The molecule has 9 nitrogen and oxygen atoms in total. The molecule has 0 fully saturated rings. The van der Waals surface area contributed by atoms with E-state index in [-0.39, 0.29) is 24.8 Å². The van der Waals surface area contributed by atoms with Crippen molar-refractivity contribution in [3.8, 4) is 0 Å². The van der Waals surface area contributed by atoms with Crippen LogP contribution in [0.1, 0.15) is 45.6 Å². The van der Waals surface area contributed by atoms with Gasteiger partial charge in [0.1, 0.15) is 0 Å². The molecule has 0 bridgehead atoms. The molecule has 9 heteroatoms. The molecule has 29 heavy (non-hydrogen) atoms. The van der Waals surface area contributed by atoms with E-state index in [9.17, 15) is 19.2 Å². The first kappa shape index (κ1) is 22.1. The normalized spacial score (nSPS) is 14.2. The number of imide groups is 1. The molecule has 1 aliphatic rings. The van der Waals surface area contributed by atoms with Gasteiger partial charge in [-0.05, 0) is 26.3 Å². The van der Waals surface area contributed by atoms with Gasteiger partial charge < -0.3 is 10.1 Å². The molecule has 1 aliphatic heterocycles. The molecule has 0 saturated carbocycles. The van der Waals surface area contributed by atoms with Gasteiger partial charge >= 0.3 is 12.0 Å². The Morgan fingerprint density at radius 2 is 1.79 bits per heavy atom.